The summed E-state index contributed by atoms with van der Waals surface area (Å²) in [5.41, 5.74) is 1.13. The van der Waals surface area contributed by atoms with E-state index in [4.69, 9.17) is 11.6 Å². The van der Waals surface area contributed by atoms with Gasteiger partial charge in [-0.05, 0) is 31.9 Å². The van der Waals surface area contributed by atoms with Crippen molar-refractivity contribution in [3.63, 3.8) is 0 Å². The predicted octanol–water partition coefficient (Wildman–Crippen LogP) is 4.09. The van der Waals surface area contributed by atoms with Crippen molar-refractivity contribution in [2.75, 3.05) is 5.32 Å². The van der Waals surface area contributed by atoms with Gasteiger partial charge in [-0.3, -0.25) is 0 Å². The maximum absolute atomic E-state index is 12.4. The summed E-state index contributed by atoms with van der Waals surface area (Å²) >= 11 is 7.58. The number of aryl methyl sites for hydroxylation is 1. The lowest BCUT2D eigenvalue weighted by atomic mass is 9.99. The van der Waals surface area contributed by atoms with Crippen LogP contribution in [0.4, 0.5) is 10.5 Å². The van der Waals surface area contributed by atoms with Crippen LogP contribution in [0, 0.1) is 6.92 Å². The Kier molecular flexibility index (Phi) is 4.31. The Labute approximate surface area is 138 Å². The van der Waals surface area contributed by atoms with Gasteiger partial charge in [0.15, 0.2) is 5.15 Å². The molecule has 1 saturated carbocycles. The number of carbonyl (C=O) groups is 1. The van der Waals surface area contributed by atoms with Crippen LogP contribution in [0.2, 0.25) is 5.15 Å². The maximum atomic E-state index is 12.4. The minimum Gasteiger partial charge on any atom is -0.326 e. The zero-order valence-electron chi connectivity index (χ0n) is 12.2. The van der Waals surface area contributed by atoms with E-state index in [-0.39, 0.29) is 16.7 Å². The van der Waals surface area contributed by atoms with E-state index in [1.165, 1.54) is 0 Å². The SMILES string of the molecule is Cc1csc(C2(NC(=O)Nc3cccnc3Cl)CCCC2)n1. The van der Waals surface area contributed by atoms with Crippen molar-refractivity contribution in [1.82, 2.24) is 15.3 Å². The smallest absolute Gasteiger partial charge is 0.320 e. The Bertz CT molecular complexity index is 682. The fourth-order valence-electron chi connectivity index (χ4n) is 2.79. The molecule has 3 rings (SSSR count). The molecule has 1 fully saturated rings. The second-order valence-electron chi connectivity index (χ2n) is 5.50. The molecule has 2 N–H and O–H groups in total. The van der Waals surface area contributed by atoms with Gasteiger partial charge in [0.05, 0.1) is 11.2 Å². The minimum atomic E-state index is -0.363. The molecular formula is C15H17ClN4OS. The molecule has 2 aromatic rings. The Morgan fingerprint density at radius 1 is 1.41 bits per heavy atom. The fraction of sp³-hybridized carbons (Fsp3) is 0.400. The van der Waals surface area contributed by atoms with E-state index in [1.807, 2.05) is 12.3 Å². The van der Waals surface area contributed by atoms with Gasteiger partial charge in [0.25, 0.3) is 0 Å². The van der Waals surface area contributed by atoms with Crippen LogP contribution in [-0.2, 0) is 5.54 Å². The number of carbonyl (C=O) groups excluding carboxylic acids is 1. The fourth-order valence-corrected chi connectivity index (χ4v) is 3.97. The first-order chi connectivity index (χ1) is 10.6. The Morgan fingerprint density at radius 3 is 2.82 bits per heavy atom. The summed E-state index contributed by atoms with van der Waals surface area (Å²) in [4.78, 5) is 20.9. The number of nitrogens with zero attached hydrogens (tertiary/aromatic N) is 2. The van der Waals surface area contributed by atoms with Crippen molar-refractivity contribution in [3.8, 4) is 0 Å². The van der Waals surface area contributed by atoms with Crippen LogP contribution in [0.3, 0.4) is 0 Å². The average Bonchev–Trinajstić information content (AvgIpc) is 3.11. The molecule has 2 amide bonds. The van der Waals surface area contributed by atoms with E-state index in [1.54, 1.807) is 29.7 Å². The van der Waals surface area contributed by atoms with E-state index in [0.717, 1.165) is 36.4 Å². The number of anilines is 1. The molecule has 0 spiro atoms. The van der Waals surface area contributed by atoms with Crippen molar-refractivity contribution in [2.24, 2.45) is 0 Å². The lowest BCUT2D eigenvalue weighted by Gasteiger charge is -2.28. The van der Waals surface area contributed by atoms with Crippen molar-refractivity contribution in [1.29, 1.82) is 0 Å². The van der Waals surface area contributed by atoms with Crippen LogP contribution in [0.25, 0.3) is 0 Å². The molecule has 0 bridgehead atoms. The number of thiazole rings is 1. The summed E-state index contributed by atoms with van der Waals surface area (Å²) in [5.74, 6) is 0. The van der Waals surface area contributed by atoms with E-state index in [2.05, 4.69) is 20.6 Å². The van der Waals surface area contributed by atoms with Crippen molar-refractivity contribution < 1.29 is 4.79 Å². The number of aromatic nitrogens is 2. The zero-order valence-corrected chi connectivity index (χ0v) is 13.8. The molecule has 0 aromatic carbocycles. The number of rotatable bonds is 3. The van der Waals surface area contributed by atoms with Gasteiger partial charge < -0.3 is 10.6 Å². The second kappa shape index (κ2) is 6.22. The number of hydrogen-bond donors (Lipinski definition) is 2. The van der Waals surface area contributed by atoms with Crippen molar-refractivity contribution in [3.05, 3.63) is 39.6 Å². The van der Waals surface area contributed by atoms with Crippen LogP contribution in [0.1, 0.15) is 36.4 Å². The number of pyridine rings is 1. The first-order valence-corrected chi connectivity index (χ1v) is 8.47. The highest BCUT2D eigenvalue weighted by molar-refractivity contribution is 7.09. The standard InChI is InChI=1S/C15H17ClN4OS/c1-10-9-22-13(18-10)15(6-2-3-7-15)20-14(21)19-11-5-4-8-17-12(11)16/h4-5,8-9H,2-3,6-7H2,1H3,(H2,19,20,21). The zero-order chi connectivity index (χ0) is 15.6. The highest BCUT2D eigenvalue weighted by atomic mass is 35.5. The lowest BCUT2D eigenvalue weighted by Crippen LogP contribution is -2.45. The summed E-state index contributed by atoms with van der Waals surface area (Å²) in [7, 11) is 0. The highest BCUT2D eigenvalue weighted by Gasteiger charge is 2.39. The average molecular weight is 337 g/mol. The summed E-state index contributed by atoms with van der Waals surface area (Å²) < 4.78 is 0. The van der Waals surface area contributed by atoms with Gasteiger partial charge in [0.1, 0.15) is 5.01 Å². The van der Waals surface area contributed by atoms with Gasteiger partial charge in [-0.2, -0.15) is 0 Å². The van der Waals surface area contributed by atoms with E-state index >= 15 is 0 Å². The van der Waals surface area contributed by atoms with Gasteiger partial charge in [-0.15, -0.1) is 11.3 Å². The van der Waals surface area contributed by atoms with Gasteiger partial charge in [0, 0.05) is 17.3 Å². The molecule has 22 heavy (non-hydrogen) atoms. The molecule has 0 unspecified atom stereocenters. The quantitative estimate of drug-likeness (QED) is 0.829. The molecule has 0 saturated heterocycles. The third kappa shape index (κ3) is 3.08. The number of hydrogen-bond acceptors (Lipinski definition) is 4. The molecule has 7 heteroatoms. The van der Waals surface area contributed by atoms with E-state index < -0.39 is 0 Å². The molecule has 116 valence electrons. The van der Waals surface area contributed by atoms with Gasteiger partial charge in [-0.1, -0.05) is 24.4 Å². The largest absolute Gasteiger partial charge is 0.326 e. The molecule has 0 aliphatic heterocycles. The highest BCUT2D eigenvalue weighted by Crippen LogP contribution is 2.40. The topological polar surface area (TPSA) is 66.9 Å². The van der Waals surface area contributed by atoms with Crippen molar-refractivity contribution in [2.45, 2.75) is 38.1 Å². The lowest BCUT2D eigenvalue weighted by molar-refractivity contribution is 0.236. The number of urea groups is 1. The predicted molar refractivity (Wildman–Crippen MR) is 88.4 cm³/mol. The first kappa shape index (κ1) is 15.2. The van der Waals surface area contributed by atoms with E-state index in [9.17, 15) is 4.79 Å². The minimum absolute atomic E-state index is 0.273. The van der Waals surface area contributed by atoms with Crippen molar-refractivity contribution >= 4 is 34.7 Å². The third-order valence-electron chi connectivity index (χ3n) is 3.85. The number of amides is 2. The second-order valence-corrected chi connectivity index (χ2v) is 6.72. The molecule has 1 aliphatic carbocycles. The van der Waals surface area contributed by atoms with Crippen LogP contribution in [0.15, 0.2) is 23.7 Å². The Morgan fingerprint density at radius 2 is 2.18 bits per heavy atom. The first-order valence-electron chi connectivity index (χ1n) is 7.21. The van der Waals surface area contributed by atoms with Crippen LogP contribution in [0.5, 0.6) is 0 Å². The van der Waals surface area contributed by atoms with E-state index in [0.29, 0.717) is 5.69 Å². The monoisotopic (exact) mass is 336 g/mol. The van der Waals surface area contributed by atoms with Gasteiger partial charge >= 0.3 is 6.03 Å². The summed E-state index contributed by atoms with van der Waals surface area (Å²) in [6.07, 6.45) is 5.59. The van der Waals surface area contributed by atoms with Gasteiger partial charge in [-0.25, -0.2) is 14.8 Å². The molecule has 5 nitrogen and oxygen atoms in total. The molecule has 1 aliphatic rings. The molecular weight excluding hydrogens is 320 g/mol. The van der Waals surface area contributed by atoms with Crippen LogP contribution in [-0.4, -0.2) is 16.0 Å². The number of halogens is 1. The third-order valence-corrected chi connectivity index (χ3v) is 5.31. The van der Waals surface area contributed by atoms with Crippen LogP contribution < -0.4 is 10.6 Å². The Balaban J connectivity index is 1.77. The molecule has 0 radical (unpaired) electrons. The molecule has 2 heterocycles. The van der Waals surface area contributed by atoms with Gasteiger partial charge in [0.2, 0.25) is 0 Å². The summed E-state index contributed by atoms with van der Waals surface area (Å²) in [6.45, 7) is 1.97. The molecule has 2 aromatic heterocycles. The molecule has 0 atom stereocenters. The summed E-state index contributed by atoms with van der Waals surface area (Å²) in [5, 5.41) is 9.16. The Hall–Kier alpha value is -1.66. The van der Waals surface area contributed by atoms with Crippen LogP contribution >= 0.6 is 22.9 Å². The normalized spacial score (nSPS) is 16.5. The maximum Gasteiger partial charge on any atom is 0.320 e. The number of nitrogens with one attached hydrogen (secondary N) is 2. The summed E-state index contributed by atoms with van der Waals surface area (Å²) in [6, 6.07) is 3.19.